The molecule has 0 bridgehead atoms. The number of aryl methyl sites for hydroxylation is 2. The highest BCUT2D eigenvalue weighted by molar-refractivity contribution is 7.17. The molecule has 27 heavy (non-hydrogen) atoms. The molecule has 3 rings (SSSR count). The first-order chi connectivity index (χ1) is 12.8. The summed E-state index contributed by atoms with van der Waals surface area (Å²) in [7, 11) is 1.73. The first-order valence-corrected chi connectivity index (χ1v) is 9.31. The van der Waals surface area contributed by atoms with E-state index < -0.39 is 17.9 Å². The van der Waals surface area contributed by atoms with Crippen molar-refractivity contribution in [3.05, 3.63) is 33.5 Å². The van der Waals surface area contributed by atoms with Gasteiger partial charge in [0.1, 0.15) is 5.00 Å². The number of carbonyl (C=O) groups excluding carboxylic acids is 3. The van der Waals surface area contributed by atoms with Gasteiger partial charge in [-0.2, -0.15) is 5.10 Å². The van der Waals surface area contributed by atoms with Crippen LogP contribution in [0.5, 0.6) is 0 Å². The minimum atomic E-state index is -0.606. The van der Waals surface area contributed by atoms with Gasteiger partial charge < -0.3 is 20.7 Å². The lowest BCUT2D eigenvalue weighted by atomic mass is 10.0. The molecule has 0 aromatic carbocycles. The van der Waals surface area contributed by atoms with Crippen LogP contribution in [0.4, 0.5) is 9.80 Å². The predicted molar refractivity (Wildman–Crippen MR) is 99.9 cm³/mol. The summed E-state index contributed by atoms with van der Waals surface area (Å²) in [6, 6.07) is 0. The summed E-state index contributed by atoms with van der Waals surface area (Å²) in [6.45, 7) is 4.57. The second-order valence-corrected chi connectivity index (χ2v) is 7.34. The number of ether oxygens (including phenoxy) is 1. The number of nitrogens with zero attached hydrogens (tertiary/aromatic N) is 3. The van der Waals surface area contributed by atoms with Gasteiger partial charge in [0.2, 0.25) is 0 Å². The van der Waals surface area contributed by atoms with Crippen molar-refractivity contribution < 1.29 is 19.1 Å². The molecule has 144 valence electrons. The van der Waals surface area contributed by atoms with E-state index in [2.05, 4.69) is 10.4 Å². The van der Waals surface area contributed by atoms with Gasteiger partial charge in [-0.1, -0.05) is 0 Å². The zero-order valence-electron chi connectivity index (χ0n) is 15.4. The van der Waals surface area contributed by atoms with Gasteiger partial charge in [0.25, 0.3) is 11.8 Å². The van der Waals surface area contributed by atoms with E-state index in [0.717, 1.165) is 16.0 Å². The summed E-state index contributed by atoms with van der Waals surface area (Å²) in [5.41, 5.74) is 7.66. The van der Waals surface area contributed by atoms with Crippen LogP contribution in [0.2, 0.25) is 0 Å². The van der Waals surface area contributed by atoms with Gasteiger partial charge >= 0.3 is 6.09 Å². The molecule has 2 aromatic heterocycles. The number of nitrogens with two attached hydrogens (primary N) is 1. The lowest BCUT2D eigenvalue weighted by Gasteiger charge is -2.26. The molecule has 9 nitrogen and oxygen atoms in total. The monoisotopic (exact) mass is 391 g/mol. The molecule has 1 aliphatic rings. The second-order valence-electron chi connectivity index (χ2n) is 6.23. The molecule has 1 aliphatic heterocycles. The summed E-state index contributed by atoms with van der Waals surface area (Å²) in [4.78, 5) is 39.0. The molecule has 0 aliphatic carbocycles. The third kappa shape index (κ3) is 3.65. The Labute approximate surface area is 160 Å². The molecule has 0 saturated heterocycles. The number of hydrogen-bond donors (Lipinski definition) is 2. The Bertz CT molecular complexity index is 917. The van der Waals surface area contributed by atoms with Crippen molar-refractivity contribution in [2.45, 2.75) is 26.8 Å². The molecule has 3 amide bonds. The van der Waals surface area contributed by atoms with Crippen LogP contribution >= 0.6 is 11.3 Å². The molecule has 0 unspecified atom stereocenters. The number of thiophene rings is 1. The Morgan fingerprint density at radius 2 is 2.15 bits per heavy atom. The number of aromatic nitrogens is 2. The lowest BCUT2D eigenvalue weighted by Crippen LogP contribution is -2.36. The highest BCUT2D eigenvalue weighted by atomic mass is 32.1. The Hall–Kier alpha value is -2.88. The summed E-state index contributed by atoms with van der Waals surface area (Å²) in [5.74, 6) is -1.01. The number of hydrogen-bond acceptors (Lipinski definition) is 6. The largest absolute Gasteiger partial charge is 0.450 e. The van der Waals surface area contributed by atoms with Gasteiger partial charge in [-0.15, -0.1) is 11.3 Å². The first kappa shape index (κ1) is 18.9. The van der Waals surface area contributed by atoms with Crippen molar-refractivity contribution in [2.24, 2.45) is 12.8 Å². The van der Waals surface area contributed by atoms with Gasteiger partial charge in [-0.05, 0) is 25.8 Å². The summed E-state index contributed by atoms with van der Waals surface area (Å²) in [6.07, 6.45) is 1.81. The summed E-state index contributed by atoms with van der Waals surface area (Å²) >= 11 is 1.25. The zero-order valence-corrected chi connectivity index (χ0v) is 16.2. The average Bonchev–Trinajstić information content (AvgIpc) is 3.13. The van der Waals surface area contributed by atoms with Crippen molar-refractivity contribution in [1.29, 1.82) is 0 Å². The van der Waals surface area contributed by atoms with Crippen molar-refractivity contribution in [3.8, 4) is 0 Å². The maximum absolute atomic E-state index is 12.6. The smallest absolute Gasteiger partial charge is 0.410 e. The van der Waals surface area contributed by atoms with Gasteiger partial charge in [-0.3, -0.25) is 14.3 Å². The van der Waals surface area contributed by atoms with Crippen molar-refractivity contribution in [1.82, 2.24) is 14.7 Å². The average molecular weight is 391 g/mol. The van der Waals surface area contributed by atoms with Crippen LogP contribution in [-0.4, -0.2) is 45.7 Å². The van der Waals surface area contributed by atoms with Crippen LogP contribution in [-0.2, 0) is 24.8 Å². The van der Waals surface area contributed by atoms with Crippen LogP contribution in [0.1, 0.15) is 43.8 Å². The molecule has 2 aromatic rings. The third-order valence-corrected chi connectivity index (χ3v) is 5.42. The molecule has 0 saturated carbocycles. The predicted octanol–water partition coefficient (Wildman–Crippen LogP) is 1.66. The van der Waals surface area contributed by atoms with E-state index in [1.165, 1.54) is 11.3 Å². The number of nitrogens with one attached hydrogen (secondary N) is 1. The number of primary amides is 1. The van der Waals surface area contributed by atoms with Crippen LogP contribution in [0.15, 0.2) is 6.20 Å². The van der Waals surface area contributed by atoms with E-state index in [1.807, 2.05) is 0 Å². The highest BCUT2D eigenvalue weighted by Crippen LogP contribution is 2.37. The van der Waals surface area contributed by atoms with Gasteiger partial charge in [0.05, 0.1) is 18.7 Å². The number of anilines is 1. The van der Waals surface area contributed by atoms with Crippen LogP contribution in [0.25, 0.3) is 0 Å². The molecule has 0 spiro atoms. The lowest BCUT2D eigenvalue weighted by molar-refractivity contribution is 0.0997. The number of carbonyl (C=O) groups is 3. The normalized spacial score (nSPS) is 13.2. The Kier molecular flexibility index (Phi) is 5.17. The fourth-order valence-electron chi connectivity index (χ4n) is 3.12. The van der Waals surface area contributed by atoms with Gasteiger partial charge in [0.15, 0.2) is 5.69 Å². The first-order valence-electron chi connectivity index (χ1n) is 8.49. The number of amides is 3. The van der Waals surface area contributed by atoms with E-state index in [-0.39, 0.29) is 5.69 Å². The molecule has 0 fully saturated rings. The highest BCUT2D eigenvalue weighted by Gasteiger charge is 2.30. The Morgan fingerprint density at radius 1 is 1.41 bits per heavy atom. The number of fused-ring (bicyclic) bond motifs is 1. The molecule has 10 heteroatoms. The zero-order chi connectivity index (χ0) is 19.7. The Balaban J connectivity index is 1.89. The molecular weight excluding hydrogens is 370 g/mol. The van der Waals surface area contributed by atoms with E-state index in [4.69, 9.17) is 10.5 Å². The van der Waals surface area contributed by atoms with E-state index in [1.54, 1.807) is 36.7 Å². The van der Waals surface area contributed by atoms with Crippen molar-refractivity contribution in [2.75, 3.05) is 18.5 Å². The summed E-state index contributed by atoms with van der Waals surface area (Å²) in [5, 5.41) is 7.28. The third-order valence-electron chi connectivity index (χ3n) is 4.28. The van der Waals surface area contributed by atoms with Crippen LogP contribution < -0.4 is 11.1 Å². The summed E-state index contributed by atoms with van der Waals surface area (Å²) < 4.78 is 6.59. The topological polar surface area (TPSA) is 120 Å². The molecule has 0 radical (unpaired) electrons. The van der Waals surface area contributed by atoms with Crippen molar-refractivity contribution in [3.63, 3.8) is 0 Å². The minimum Gasteiger partial charge on any atom is -0.450 e. The van der Waals surface area contributed by atoms with E-state index in [9.17, 15) is 14.4 Å². The quantitative estimate of drug-likeness (QED) is 0.821. The molecule has 0 atom stereocenters. The Morgan fingerprint density at radius 3 is 2.74 bits per heavy atom. The standard InChI is InChI=1S/C17H21N5O4S/c1-4-26-17(25)22-6-5-10-11(8-22)27-16(12(10)14(18)23)19-15(24)13-9(2)7-21(3)20-13/h7H,4-6,8H2,1-3H3,(H2,18,23)(H,19,24). The SMILES string of the molecule is CCOC(=O)N1CCc2c(sc(NC(=O)c3nn(C)cc3C)c2C(N)=O)C1. The maximum Gasteiger partial charge on any atom is 0.410 e. The van der Waals surface area contributed by atoms with Crippen LogP contribution in [0, 0.1) is 6.92 Å². The fraction of sp³-hybridized carbons (Fsp3) is 0.412. The maximum atomic E-state index is 12.6. The van der Waals surface area contributed by atoms with Gasteiger partial charge in [-0.25, -0.2) is 4.79 Å². The second kappa shape index (κ2) is 7.39. The van der Waals surface area contributed by atoms with Gasteiger partial charge in [0, 0.05) is 30.2 Å². The van der Waals surface area contributed by atoms with Crippen LogP contribution in [0.3, 0.4) is 0 Å². The minimum absolute atomic E-state index is 0.285. The molecule has 3 N–H and O–H groups in total. The van der Waals surface area contributed by atoms with Crippen molar-refractivity contribution >= 4 is 34.2 Å². The van der Waals surface area contributed by atoms with E-state index >= 15 is 0 Å². The number of rotatable bonds is 4. The molecule has 3 heterocycles. The van der Waals surface area contributed by atoms with E-state index in [0.29, 0.717) is 36.7 Å². The fourth-order valence-corrected chi connectivity index (χ4v) is 4.38. The molecular formula is C17H21N5O4S.